The van der Waals surface area contributed by atoms with Crippen molar-refractivity contribution in [1.82, 2.24) is 5.32 Å². The third-order valence-electron chi connectivity index (χ3n) is 4.25. The van der Waals surface area contributed by atoms with Crippen LogP contribution in [0.1, 0.15) is 68.9 Å². The van der Waals surface area contributed by atoms with E-state index in [9.17, 15) is 15.0 Å². The van der Waals surface area contributed by atoms with E-state index in [0.717, 1.165) is 12.0 Å². The Morgan fingerprint density at radius 1 is 1.20 bits per heavy atom. The Kier molecular flexibility index (Phi) is 7.90. The largest absolute Gasteiger partial charge is 0.507 e. The molecule has 0 aromatic heterocycles. The smallest absolute Gasteiger partial charge is 0.255 e. The van der Waals surface area contributed by atoms with Crippen LogP contribution in [-0.2, 0) is 12.8 Å². The molecule has 0 unspecified atom stereocenters. The molecule has 0 saturated carbocycles. The number of hydrogen-bond acceptors (Lipinski definition) is 4. The molecule has 0 bridgehead atoms. The Hall–Kier alpha value is -1.59. The van der Waals surface area contributed by atoms with Gasteiger partial charge in [-0.1, -0.05) is 32.4 Å². The molecule has 4 N–H and O–H groups in total. The van der Waals surface area contributed by atoms with E-state index in [1.165, 1.54) is 0 Å². The molecule has 0 aliphatic heterocycles. The molecule has 5 nitrogen and oxygen atoms in total. The van der Waals surface area contributed by atoms with Gasteiger partial charge in [0.25, 0.3) is 5.91 Å². The zero-order valence-electron chi connectivity index (χ0n) is 16.1. The second-order valence-corrected chi connectivity index (χ2v) is 7.90. The third-order valence-corrected chi connectivity index (χ3v) is 4.25. The molecule has 25 heavy (non-hydrogen) atoms. The first-order valence-electron chi connectivity index (χ1n) is 9.04. The minimum atomic E-state index is -0.758. The Bertz CT molecular complexity index is 578. The average Bonchev–Trinajstić information content (AvgIpc) is 2.48. The standard InChI is InChI=1S/C20H33NO4/c1-6-13(2)11-15-8-7-14(12-16(23)9-10-22)17(18(15)24)19(25)21-20(3,4)5/h7-8,13,16,22-24H,6,9-12H2,1-5H3,(H,21,25)/t13-,16+/m0/s1. The highest BCUT2D eigenvalue weighted by Gasteiger charge is 2.24. The molecule has 1 amide bonds. The van der Waals surface area contributed by atoms with Gasteiger partial charge >= 0.3 is 0 Å². The summed E-state index contributed by atoms with van der Waals surface area (Å²) in [7, 11) is 0. The Morgan fingerprint density at radius 2 is 1.80 bits per heavy atom. The van der Waals surface area contributed by atoms with E-state index < -0.39 is 11.6 Å². The number of aromatic hydroxyl groups is 1. The molecule has 0 fully saturated rings. The van der Waals surface area contributed by atoms with Gasteiger partial charge in [0.15, 0.2) is 0 Å². The molecule has 0 aliphatic rings. The van der Waals surface area contributed by atoms with E-state index in [1.807, 2.05) is 26.8 Å². The number of rotatable bonds is 8. The second kappa shape index (κ2) is 9.20. The Morgan fingerprint density at radius 3 is 2.32 bits per heavy atom. The summed E-state index contributed by atoms with van der Waals surface area (Å²) in [6, 6.07) is 3.63. The van der Waals surface area contributed by atoms with Crippen molar-refractivity contribution >= 4 is 5.91 Å². The summed E-state index contributed by atoms with van der Waals surface area (Å²) in [4.78, 5) is 12.7. The van der Waals surface area contributed by atoms with Crippen LogP contribution in [0.15, 0.2) is 12.1 Å². The molecule has 1 rings (SSSR count). The van der Waals surface area contributed by atoms with Gasteiger partial charge in [-0.2, -0.15) is 0 Å². The van der Waals surface area contributed by atoms with Crippen molar-refractivity contribution in [3.63, 3.8) is 0 Å². The molecule has 1 aromatic carbocycles. The number of carbonyl (C=O) groups is 1. The Labute approximate surface area is 151 Å². The van der Waals surface area contributed by atoms with Crippen molar-refractivity contribution < 1.29 is 20.1 Å². The van der Waals surface area contributed by atoms with Gasteiger partial charge in [0.05, 0.1) is 11.7 Å². The van der Waals surface area contributed by atoms with Gasteiger partial charge in [-0.3, -0.25) is 4.79 Å². The maximum Gasteiger partial charge on any atom is 0.255 e. The van der Waals surface area contributed by atoms with E-state index in [2.05, 4.69) is 19.2 Å². The van der Waals surface area contributed by atoms with Crippen LogP contribution in [0.3, 0.4) is 0 Å². The molecule has 0 saturated heterocycles. The van der Waals surface area contributed by atoms with E-state index in [1.54, 1.807) is 6.07 Å². The molecular weight excluding hydrogens is 318 g/mol. The zero-order chi connectivity index (χ0) is 19.2. The quantitative estimate of drug-likeness (QED) is 0.580. The van der Waals surface area contributed by atoms with Gasteiger partial charge in [-0.05, 0) is 57.1 Å². The van der Waals surface area contributed by atoms with Gasteiger partial charge in [0.1, 0.15) is 5.75 Å². The van der Waals surface area contributed by atoms with Gasteiger partial charge in [0, 0.05) is 12.1 Å². The van der Waals surface area contributed by atoms with Crippen LogP contribution < -0.4 is 5.32 Å². The fraction of sp³-hybridized carbons (Fsp3) is 0.650. The summed E-state index contributed by atoms with van der Waals surface area (Å²) in [6.07, 6.45) is 1.36. The average molecular weight is 351 g/mol. The lowest BCUT2D eigenvalue weighted by molar-refractivity contribution is 0.0914. The van der Waals surface area contributed by atoms with Crippen LogP contribution in [0.5, 0.6) is 5.75 Å². The second-order valence-electron chi connectivity index (χ2n) is 7.90. The number of aliphatic hydroxyl groups is 2. The number of amides is 1. The van der Waals surface area contributed by atoms with E-state index in [0.29, 0.717) is 17.9 Å². The van der Waals surface area contributed by atoms with E-state index in [-0.39, 0.29) is 36.7 Å². The van der Waals surface area contributed by atoms with Crippen molar-refractivity contribution in [3.05, 3.63) is 28.8 Å². The fourth-order valence-corrected chi connectivity index (χ4v) is 2.69. The highest BCUT2D eigenvalue weighted by molar-refractivity contribution is 5.99. The van der Waals surface area contributed by atoms with Crippen LogP contribution >= 0.6 is 0 Å². The summed E-state index contributed by atoms with van der Waals surface area (Å²) in [5.41, 5.74) is 1.13. The van der Waals surface area contributed by atoms with Gasteiger partial charge in [0.2, 0.25) is 0 Å². The number of nitrogens with one attached hydrogen (secondary N) is 1. The molecule has 0 radical (unpaired) electrons. The number of hydrogen-bond donors (Lipinski definition) is 4. The fourth-order valence-electron chi connectivity index (χ4n) is 2.69. The number of aliphatic hydroxyl groups excluding tert-OH is 2. The summed E-state index contributed by atoms with van der Waals surface area (Å²) in [5.74, 6) is 0.0493. The normalized spacial score (nSPS) is 14.2. The molecular formula is C20H33NO4. The summed E-state index contributed by atoms with van der Waals surface area (Å²) < 4.78 is 0. The van der Waals surface area contributed by atoms with Crippen LogP contribution in [0.4, 0.5) is 0 Å². The minimum Gasteiger partial charge on any atom is -0.507 e. The first-order valence-corrected chi connectivity index (χ1v) is 9.04. The third kappa shape index (κ3) is 6.67. The van der Waals surface area contributed by atoms with Crippen LogP contribution in [0, 0.1) is 5.92 Å². The maximum absolute atomic E-state index is 12.7. The van der Waals surface area contributed by atoms with Crippen molar-refractivity contribution in [2.45, 2.75) is 71.9 Å². The van der Waals surface area contributed by atoms with Gasteiger partial charge in [-0.15, -0.1) is 0 Å². The highest BCUT2D eigenvalue weighted by Crippen LogP contribution is 2.30. The van der Waals surface area contributed by atoms with Crippen LogP contribution in [0.25, 0.3) is 0 Å². The lowest BCUT2D eigenvalue weighted by Crippen LogP contribution is -2.41. The van der Waals surface area contributed by atoms with E-state index >= 15 is 0 Å². The molecule has 2 atom stereocenters. The number of phenolic OH excluding ortho intramolecular Hbond substituents is 1. The lowest BCUT2D eigenvalue weighted by Gasteiger charge is -2.23. The summed E-state index contributed by atoms with van der Waals surface area (Å²) >= 11 is 0. The summed E-state index contributed by atoms with van der Waals surface area (Å²) in [5, 5.41) is 32.6. The van der Waals surface area contributed by atoms with Crippen molar-refractivity contribution in [1.29, 1.82) is 0 Å². The molecule has 0 spiro atoms. The lowest BCUT2D eigenvalue weighted by atomic mass is 9.91. The van der Waals surface area contributed by atoms with Crippen LogP contribution in [-0.4, -0.2) is 39.5 Å². The summed E-state index contributed by atoms with van der Waals surface area (Å²) in [6.45, 7) is 9.71. The predicted molar refractivity (Wildman–Crippen MR) is 99.9 cm³/mol. The van der Waals surface area contributed by atoms with Gasteiger partial charge in [-0.25, -0.2) is 0 Å². The SMILES string of the molecule is CC[C@H](C)Cc1ccc(C[C@H](O)CCO)c(C(=O)NC(C)(C)C)c1O. The molecule has 0 aliphatic carbocycles. The molecule has 142 valence electrons. The molecule has 5 heteroatoms. The molecule has 1 aromatic rings. The first kappa shape index (κ1) is 21.5. The van der Waals surface area contributed by atoms with Crippen molar-refractivity contribution in [2.75, 3.05) is 6.61 Å². The minimum absolute atomic E-state index is 0.00394. The molecule has 0 heterocycles. The topological polar surface area (TPSA) is 89.8 Å². The monoisotopic (exact) mass is 351 g/mol. The van der Waals surface area contributed by atoms with Crippen molar-refractivity contribution in [3.8, 4) is 5.75 Å². The Balaban J connectivity index is 3.27. The van der Waals surface area contributed by atoms with Gasteiger partial charge < -0.3 is 20.6 Å². The first-order chi connectivity index (χ1) is 11.6. The highest BCUT2D eigenvalue weighted by atomic mass is 16.3. The number of benzene rings is 1. The maximum atomic E-state index is 12.7. The number of phenols is 1. The van der Waals surface area contributed by atoms with E-state index in [4.69, 9.17) is 5.11 Å². The predicted octanol–water partition coefficient (Wildman–Crippen LogP) is 2.79. The number of carbonyl (C=O) groups excluding carboxylic acids is 1. The van der Waals surface area contributed by atoms with Crippen molar-refractivity contribution in [2.24, 2.45) is 5.92 Å². The zero-order valence-corrected chi connectivity index (χ0v) is 16.1. The van der Waals surface area contributed by atoms with Crippen LogP contribution in [0.2, 0.25) is 0 Å².